The zero-order valence-corrected chi connectivity index (χ0v) is 8.59. The summed E-state index contributed by atoms with van der Waals surface area (Å²) in [6.45, 7) is 3.16. The molecule has 1 saturated heterocycles. The number of hydrogen-bond donors (Lipinski definition) is 2. The molecule has 1 heterocycles. The lowest BCUT2D eigenvalue weighted by molar-refractivity contribution is 0.473. The second-order valence-corrected chi connectivity index (χ2v) is 4.17. The minimum atomic E-state index is 0.387. The van der Waals surface area contributed by atoms with Gasteiger partial charge in [-0.05, 0) is 56.0 Å². The molecule has 2 N–H and O–H groups in total. The molecule has 1 aliphatic heterocycles. The fourth-order valence-electron chi connectivity index (χ4n) is 2.17. The molecule has 1 aromatic carbocycles. The van der Waals surface area contributed by atoms with E-state index in [-0.39, 0.29) is 0 Å². The summed E-state index contributed by atoms with van der Waals surface area (Å²) in [5, 5.41) is 12.9. The third kappa shape index (κ3) is 2.26. The number of rotatable bonds is 2. The lowest BCUT2D eigenvalue weighted by Gasteiger charge is -2.10. The Morgan fingerprint density at radius 2 is 2.29 bits per heavy atom. The monoisotopic (exact) mass is 191 g/mol. The molecule has 0 spiro atoms. The summed E-state index contributed by atoms with van der Waals surface area (Å²) in [5.41, 5.74) is 2.37. The van der Waals surface area contributed by atoms with Gasteiger partial charge < -0.3 is 10.4 Å². The maximum absolute atomic E-state index is 9.45. The average molecular weight is 191 g/mol. The van der Waals surface area contributed by atoms with Crippen LogP contribution in [0, 0.1) is 6.92 Å². The molecule has 1 atom stereocenters. The van der Waals surface area contributed by atoms with Gasteiger partial charge in [-0.15, -0.1) is 0 Å². The Balaban J connectivity index is 2.07. The normalized spacial score (nSPS) is 21.4. The quantitative estimate of drug-likeness (QED) is 0.749. The van der Waals surface area contributed by atoms with Crippen molar-refractivity contribution in [2.75, 3.05) is 6.54 Å². The van der Waals surface area contributed by atoms with Crippen molar-refractivity contribution in [3.05, 3.63) is 29.3 Å². The highest BCUT2D eigenvalue weighted by atomic mass is 16.3. The minimum Gasteiger partial charge on any atom is -0.508 e. The van der Waals surface area contributed by atoms with Crippen molar-refractivity contribution in [1.29, 1.82) is 0 Å². The van der Waals surface area contributed by atoms with E-state index in [0.29, 0.717) is 11.8 Å². The molecule has 0 radical (unpaired) electrons. The van der Waals surface area contributed by atoms with Crippen LogP contribution in [0.25, 0.3) is 0 Å². The van der Waals surface area contributed by atoms with Crippen LogP contribution in [0.3, 0.4) is 0 Å². The number of hydrogen-bond acceptors (Lipinski definition) is 2. The van der Waals surface area contributed by atoms with E-state index < -0.39 is 0 Å². The molecule has 2 rings (SSSR count). The second-order valence-electron chi connectivity index (χ2n) is 4.17. The van der Waals surface area contributed by atoms with Gasteiger partial charge in [0.2, 0.25) is 0 Å². The van der Waals surface area contributed by atoms with Gasteiger partial charge in [-0.3, -0.25) is 0 Å². The largest absolute Gasteiger partial charge is 0.508 e. The van der Waals surface area contributed by atoms with E-state index in [2.05, 4.69) is 11.4 Å². The number of benzene rings is 1. The third-order valence-corrected chi connectivity index (χ3v) is 2.77. The van der Waals surface area contributed by atoms with Gasteiger partial charge in [0.05, 0.1) is 0 Å². The van der Waals surface area contributed by atoms with Gasteiger partial charge in [-0.25, -0.2) is 0 Å². The van der Waals surface area contributed by atoms with Crippen molar-refractivity contribution in [2.24, 2.45) is 0 Å². The predicted octanol–water partition coefficient (Wildman–Crippen LogP) is 2.00. The first kappa shape index (κ1) is 9.53. The van der Waals surface area contributed by atoms with Crippen molar-refractivity contribution < 1.29 is 5.11 Å². The van der Waals surface area contributed by atoms with Gasteiger partial charge in [0, 0.05) is 6.04 Å². The molecule has 2 nitrogen and oxygen atoms in total. The van der Waals surface area contributed by atoms with E-state index in [1.807, 2.05) is 13.0 Å². The van der Waals surface area contributed by atoms with Crippen molar-refractivity contribution in [2.45, 2.75) is 32.2 Å². The van der Waals surface area contributed by atoms with Crippen LogP contribution < -0.4 is 5.32 Å². The highest BCUT2D eigenvalue weighted by Gasteiger charge is 2.14. The molecule has 2 heteroatoms. The van der Waals surface area contributed by atoms with Gasteiger partial charge in [0.1, 0.15) is 5.75 Å². The predicted molar refractivity (Wildman–Crippen MR) is 57.6 cm³/mol. The molecule has 14 heavy (non-hydrogen) atoms. The van der Waals surface area contributed by atoms with Gasteiger partial charge in [-0.1, -0.05) is 6.07 Å². The van der Waals surface area contributed by atoms with E-state index in [1.165, 1.54) is 18.4 Å². The Labute approximate surface area is 85.0 Å². The van der Waals surface area contributed by atoms with Crippen LogP contribution in [0.1, 0.15) is 24.0 Å². The molecular formula is C12H17NO. The van der Waals surface area contributed by atoms with E-state index in [4.69, 9.17) is 0 Å². The molecule has 0 aromatic heterocycles. The molecule has 1 aliphatic rings. The Morgan fingerprint density at radius 3 is 2.93 bits per heavy atom. The number of aryl methyl sites for hydroxylation is 1. The van der Waals surface area contributed by atoms with Crippen LogP contribution in [0.2, 0.25) is 0 Å². The van der Waals surface area contributed by atoms with Gasteiger partial charge in [0.25, 0.3) is 0 Å². The summed E-state index contributed by atoms with van der Waals surface area (Å²) < 4.78 is 0. The molecule has 1 unspecified atom stereocenters. The second kappa shape index (κ2) is 4.01. The van der Waals surface area contributed by atoms with Crippen LogP contribution in [0.5, 0.6) is 5.75 Å². The van der Waals surface area contributed by atoms with Gasteiger partial charge in [-0.2, -0.15) is 0 Å². The topological polar surface area (TPSA) is 32.3 Å². The van der Waals surface area contributed by atoms with Crippen LogP contribution in [-0.4, -0.2) is 17.7 Å². The Bertz CT molecular complexity index is 296. The van der Waals surface area contributed by atoms with Crippen molar-refractivity contribution in [1.82, 2.24) is 5.32 Å². The maximum atomic E-state index is 9.45. The zero-order valence-electron chi connectivity index (χ0n) is 8.59. The lowest BCUT2D eigenvalue weighted by Crippen LogP contribution is -2.23. The van der Waals surface area contributed by atoms with Crippen LogP contribution in [-0.2, 0) is 6.42 Å². The highest BCUT2D eigenvalue weighted by Crippen LogP contribution is 2.18. The molecule has 0 bridgehead atoms. The van der Waals surface area contributed by atoms with Gasteiger partial charge >= 0.3 is 0 Å². The Kier molecular flexibility index (Phi) is 2.73. The van der Waals surface area contributed by atoms with E-state index in [1.54, 1.807) is 6.07 Å². The summed E-state index contributed by atoms with van der Waals surface area (Å²) in [6, 6.07) is 6.43. The fourth-order valence-corrected chi connectivity index (χ4v) is 2.17. The summed E-state index contributed by atoms with van der Waals surface area (Å²) >= 11 is 0. The van der Waals surface area contributed by atoms with Crippen LogP contribution >= 0.6 is 0 Å². The number of aromatic hydroxyl groups is 1. The van der Waals surface area contributed by atoms with Crippen molar-refractivity contribution >= 4 is 0 Å². The summed E-state index contributed by atoms with van der Waals surface area (Å²) in [7, 11) is 0. The maximum Gasteiger partial charge on any atom is 0.116 e. The smallest absolute Gasteiger partial charge is 0.116 e. The number of nitrogens with one attached hydrogen (secondary N) is 1. The number of phenols is 1. The molecule has 0 saturated carbocycles. The highest BCUT2D eigenvalue weighted by molar-refractivity contribution is 5.33. The van der Waals surface area contributed by atoms with Crippen LogP contribution in [0.4, 0.5) is 0 Å². The van der Waals surface area contributed by atoms with E-state index in [0.717, 1.165) is 18.5 Å². The number of phenolic OH excluding ortho intramolecular Hbond substituents is 1. The first-order chi connectivity index (χ1) is 6.74. The fraction of sp³-hybridized carbons (Fsp3) is 0.500. The zero-order chi connectivity index (χ0) is 9.97. The Hall–Kier alpha value is -1.02. The third-order valence-electron chi connectivity index (χ3n) is 2.77. The molecule has 0 amide bonds. The summed E-state index contributed by atoms with van der Waals surface area (Å²) in [5.74, 6) is 0.387. The molecule has 1 aromatic rings. The average Bonchev–Trinajstić information content (AvgIpc) is 2.54. The minimum absolute atomic E-state index is 0.387. The van der Waals surface area contributed by atoms with E-state index in [9.17, 15) is 5.11 Å². The lowest BCUT2D eigenvalue weighted by atomic mass is 10.0. The van der Waals surface area contributed by atoms with Crippen LogP contribution in [0.15, 0.2) is 18.2 Å². The molecule has 0 aliphatic carbocycles. The Morgan fingerprint density at radius 1 is 1.43 bits per heavy atom. The van der Waals surface area contributed by atoms with Crippen molar-refractivity contribution in [3.63, 3.8) is 0 Å². The SMILES string of the molecule is Cc1cc(O)cc(CC2CCCN2)c1. The van der Waals surface area contributed by atoms with E-state index >= 15 is 0 Å². The molecule has 1 fully saturated rings. The van der Waals surface area contributed by atoms with Gasteiger partial charge in [0.15, 0.2) is 0 Å². The first-order valence-corrected chi connectivity index (χ1v) is 5.27. The molecular weight excluding hydrogens is 174 g/mol. The first-order valence-electron chi connectivity index (χ1n) is 5.27. The van der Waals surface area contributed by atoms with Crippen molar-refractivity contribution in [3.8, 4) is 5.75 Å². The summed E-state index contributed by atoms with van der Waals surface area (Å²) in [4.78, 5) is 0. The standard InChI is InChI=1S/C12H17NO/c1-9-5-10(8-12(14)6-9)7-11-3-2-4-13-11/h5-6,8,11,13-14H,2-4,7H2,1H3. The summed E-state index contributed by atoms with van der Waals surface area (Å²) in [6.07, 6.45) is 3.58. The molecule has 76 valence electrons.